The molecule has 110 valence electrons. The molecule has 1 aliphatic rings. The van der Waals surface area contributed by atoms with E-state index in [2.05, 4.69) is 30.8 Å². The first kappa shape index (κ1) is 13.6. The van der Waals surface area contributed by atoms with Gasteiger partial charge in [-0.2, -0.15) is 4.98 Å². The van der Waals surface area contributed by atoms with Gasteiger partial charge < -0.3 is 14.7 Å². The molecule has 0 saturated carbocycles. The molecular formula is C15H20N6. The molecule has 6 heteroatoms. The zero-order valence-electron chi connectivity index (χ0n) is 12.5. The van der Waals surface area contributed by atoms with Gasteiger partial charge in [-0.1, -0.05) is 6.07 Å². The van der Waals surface area contributed by atoms with Gasteiger partial charge >= 0.3 is 0 Å². The molecule has 21 heavy (non-hydrogen) atoms. The largest absolute Gasteiger partial charge is 0.363 e. The monoisotopic (exact) mass is 284 g/mol. The van der Waals surface area contributed by atoms with E-state index in [9.17, 15) is 0 Å². The van der Waals surface area contributed by atoms with Crippen molar-refractivity contribution in [3.05, 3.63) is 36.7 Å². The second-order valence-corrected chi connectivity index (χ2v) is 5.27. The molecular weight excluding hydrogens is 264 g/mol. The molecule has 1 fully saturated rings. The minimum Gasteiger partial charge on any atom is -0.363 e. The minimum absolute atomic E-state index is 0.807. The van der Waals surface area contributed by atoms with Gasteiger partial charge in [-0.3, -0.25) is 0 Å². The summed E-state index contributed by atoms with van der Waals surface area (Å²) in [6, 6.07) is 7.95. The van der Waals surface area contributed by atoms with Crippen LogP contribution in [0.2, 0.25) is 0 Å². The van der Waals surface area contributed by atoms with E-state index < -0.39 is 0 Å². The van der Waals surface area contributed by atoms with Crippen LogP contribution in [0.4, 0.5) is 17.6 Å². The molecule has 0 aliphatic carbocycles. The van der Waals surface area contributed by atoms with Crippen molar-refractivity contribution < 1.29 is 0 Å². The maximum Gasteiger partial charge on any atom is 0.227 e. The molecule has 0 N–H and O–H groups in total. The quantitative estimate of drug-likeness (QED) is 0.846. The van der Waals surface area contributed by atoms with Crippen molar-refractivity contribution in [2.24, 2.45) is 0 Å². The van der Waals surface area contributed by atoms with Crippen LogP contribution in [0.1, 0.15) is 0 Å². The van der Waals surface area contributed by atoms with Crippen molar-refractivity contribution in [3.8, 4) is 0 Å². The maximum absolute atomic E-state index is 4.60. The van der Waals surface area contributed by atoms with Gasteiger partial charge in [-0.25, -0.2) is 9.97 Å². The fraction of sp³-hybridized carbons (Fsp3) is 0.400. The Balaban J connectivity index is 1.67. The average Bonchev–Trinajstić information content (AvgIpc) is 2.56. The molecule has 0 radical (unpaired) electrons. The number of piperazine rings is 1. The van der Waals surface area contributed by atoms with Gasteiger partial charge in [0.15, 0.2) is 0 Å². The van der Waals surface area contributed by atoms with Crippen molar-refractivity contribution in [2.45, 2.75) is 0 Å². The first-order chi connectivity index (χ1) is 10.2. The first-order valence-electron chi connectivity index (χ1n) is 7.15. The molecule has 2 aromatic rings. The third-order valence-electron chi connectivity index (χ3n) is 3.62. The van der Waals surface area contributed by atoms with Gasteiger partial charge in [-0.05, 0) is 18.2 Å². The number of hydrogen-bond acceptors (Lipinski definition) is 6. The van der Waals surface area contributed by atoms with Gasteiger partial charge in [0.05, 0.1) is 0 Å². The highest BCUT2D eigenvalue weighted by Crippen LogP contribution is 2.17. The van der Waals surface area contributed by atoms with Crippen molar-refractivity contribution in [2.75, 3.05) is 55.0 Å². The van der Waals surface area contributed by atoms with E-state index in [4.69, 9.17) is 0 Å². The molecule has 6 nitrogen and oxygen atoms in total. The minimum atomic E-state index is 0.807. The summed E-state index contributed by atoms with van der Waals surface area (Å²) < 4.78 is 0. The van der Waals surface area contributed by atoms with Crippen LogP contribution in [0, 0.1) is 0 Å². The van der Waals surface area contributed by atoms with Crippen molar-refractivity contribution >= 4 is 17.6 Å². The Kier molecular flexibility index (Phi) is 3.85. The third kappa shape index (κ3) is 3.04. The average molecular weight is 284 g/mol. The lowest BCUT2D eigenvalue weighted by molar-refractivity contribution is 0.634. The second-order valence-electron chi connectivity index (χ2n) is 5.27. The number of aromatic nitrogens is 3. The molecule has 3 heterocycles. The van der Waals surface area contributed by atoms with Crippen molar-refractivity contribution in [1.29, 1.82) is 0 Å². The van der Waals surface area contributed by atoms with Gasteiger partial charge in [0.1, 0.15) is 11.6 Å². The van der Waals surface area contributed by atoms with Crippen LogP contribution < -0.4 is 14.7 Å². The van der Waals surface area contributed by atoms with E-state index in [0.717, 1.165) is 43.8 Å². The van der Waals surface area contributed by atoms with E-state index in [1.54, 1.807) is 0 Å². The zero-order valence-corrected chi connectivity index (χ0v) is 12.5. The van der Waals surface area contributed by atoms with E-state index in [-0.39, 0.29) is 0 Å². The molecule has 3 rings (SSSR count). The molecule has 0 unspecified atom stereocenters. The summed E-state index contributed by atoms with van der Waals surface area (Å²) >= 11 is 0. The summed E-state index contributed by atoms with van der Waals surface area (Å²) in [7, 11) is 3.98. The lowest BCUT2D eigenvalue weighted by Gasteiger charge is -2.35. The lowest BCUT2D eigenvalue weighted by atomic mass is 10.3. The molecule has 1 aliphatic heterocycles. The molecule has 2 aromatic heterocycles. The summed E-state index contributed by atoms with van der Waals surface area (Å²) in [4.78, 5) is 19.9. The van der Waals surface area contributed by atoms with Crippen LogP contribution in [0.3, 0.4) is 0 Å². The number of rotatable bonds is 3. The van der Waals surface area contributed by atoms with Gasteiger partial charge in [0.25, 0.3) is 0 Å². The van der Waals surface area contributed by atoms with Crippen LogP contribution in [0.15, 0.2) is 36.7 Å². The number of anilines is 3. The summed E-state index contributed by atoms with van der Waals surface area (Å²) in [6.45, 7) is 3.69. The van der Waals surface area contributed by atoms with Crippen LogP contribution in [-0.2, 0) is 0 Å². The Morgan fingerprint density at radius 2 is 1.67 bits per heavy atom. The highest BCUT2D eigenvalue weighted by atomic mass is 15.3. The van der Waals surface area contributed by atoms with Crippen LogP contribution in [-0.4, -0.2) is 55.2 Å². The second kappa shape index (κ2) is 5.95. The third-order valence-corrected chi connectivity index (χ3v) is 3.62. The normalized spacial score (nSPS) is 15.1. The van der Waals surface area contributed by atoms with Gasteiger partial charge in [0, 0.05) is 52.7 Å². The molecule has 0 aromatic carbocycles. The molecule has 1 saturated heterocycles. The summed E-state index contributed by atoms with van der Waals surface area (Å²) in [5.41, 5.74) is 0. The standard InChI is InChI=1S/C15H20N6/c1-19(2)14-6-8-17-15(18-14)21-11-9-20(10-12-21)13-5-3-4-7-16-13/h3-8H,9-12H2,1-2H3. The van der Waals surface area contributed by atoms with Crippen molar-refractivity contribution in [1.82, 2.24) is 15.0 Å². The SMILES string of the molecule is CN(C)c1ccnc(N2CCN(c3ccccn3)CC2)n1. The summed E-state index contributed by atoms with van der Waals surface area (Å²) in [5, 5.41) is 0. The van der Waals surface area contributed by atoms with Crippen LogP contribution >= 0.6 is 0 Å². The Bertz CT molecular complexity index is 578. The highest BCUT2D eigenvalue weighted by molar-refractivity contribution is 5.45. The van der Waals surface area contributed by atoms with Gasteiger partial charge in [0.2, 0.25) is 5.95 Å². The predicted octanol–water partition coefficient (Wildman–Crippen LogP) is 1.26. The molecule has 0 spiro atoms. The van der Waals surface area contributed by atoms with Gasteiger partial charge in [-0.15, -0.1) is 0 Å². The number of hydrogen-bond donors (Lipinski definition) is 0. The number of pyridine rings is 1. The topological polar surface area (TPSA) is 48.4 Å². The Morgan fingerprint density at radius 3 is 2.33 bits per heavy atom. The highest BCUT2D eigenvalue weighted by Gasteiger charge is 2.20. The predicted molar refractivity (Wildman–Crippen MR) is 85.0 cm³/mol. The molecule has 0 amide bonds. The summed E-state index contributed by atoms with van der Waals surface area (Å²) in [6.07, 6.45) is 3.66. The van der Waals surface area contributed by atoms with Crippen LogP contribution in [0.25, 0.3) is 0 Å². The van der Waals surface area contributed by atoms with Crippen LogP contribution in [0.5, 0.6) is 0 Å². The zero-order chi connectivity index (χ0) is 14.7. The smallest absolute Gasteiger partial charge is 0.227 e. The summed E-state index contributed by atoms with van der Waals surface area (Å²) in [5.74, 6) is 2.79. The fourth-order valence-corrected chi connectivity index (χ4v) is 2.42. The first-order valence-corrected chi connectivity index (χ1v) is 7.15. The van der Waals surface area contributed by atoms with E-state index in [1.165, 1.54) is 0 Å². The number of nitrogens with zero attached hydrogens (tertiary/aromatic N) is 6. The van der Waals surface area contributed by atoms with E-state index >= 15 is 0 Å². The molecule has 0 bridgehead atoms. The Morgan fingerprint density at radius 1 is 0.905 bits per heavy atom. The van der Waals surface area contributed by atoms with Crippen molar-refractivity contribution in [3.63, 3.8) is 0 Å². The maximum atomic E-state index is 4.60. The van der Waals surface area contributed by atoms with E-state index in [1.807, 2.05) is 49.6 Å². The Hall–Kier alpha value is -2.37. The lowest BCUT2D eigenvalue weighted by Crippen LogP contribution is -2.47. The fourth-order valence-electron chi connectivity index (χ4n) is 2.42. The van der Waals surface area contributed by atoms with E-state index in [0.29, 0.717) is 0 Å². The Labute approximate surface area is 125 Å². The molecule has 0 atom stereocenters.